The molecule has 0 bridgehead atoms. The second kappa shape index (κ2) is 6.80. The molecule has 0 saturated heterocycles. The Bertz CT molecular complexity index is 418. The normalized spacial score (nSPS) is 13.4. The van der Waals surface area contributed by atoms with Crippen LogP contribution in [0.2, 0.25) is 0 Å². The number of rotatable bonds is 5. The number of hydrogen-bond donors (Lipinski definition) is 0. The first kappa shape index (κ1) is 14.2. The van der Waals surface area contributed by atoms with Gasteiger partial charge in [-0.25, -0.2) is 0 Å². The van der Waals surface area contributed by atoms with Gasteiger partial charge in [-0.05, 0) is 19.4 Å². The first-order valence-electron chi connectivity index (χ1n) is 6.39. The second-order valence-electron chi connectivity index (χ2n) is 4.32. The quantitative estimate of drug-likeness (QED) is 0.799. The van der Waals surface area contributed by atoms with E-state index in [1.54, 1.807) is 4.90 Å². The number of benzene rings is 1. The lowest BCUT2D eigenvalue weighted by atomic mass is 9.87. The predicted octanol–water partition coefficient (Wildman–Crippen LogP) is 2.80. The molecule has 1 aromatic carbocycles. The highest BCUT2D eigenvalue weighted by molar-refractivity contribution is 5.82. The van der Waals surface area contributed by atoms with E-state index >= 15 is 0 Å². The molecular weight excluding hydrogens is 224 g/mol. The fourth-order valence-electron chi connectivity index (χ4n) is 2.06. The van der Waals surface area contributed by atoms with E-state index in [1.807, 2.05) is 51.1 Å². The van der Waals surface area contributed by atoms with Crippen LogP contribution in [0.15, 0.2) is 30.3 Å². The molecule has 2 atom stereocenters. The molecule has 0 aliphatic heterocycles. The van der Waals surface area contributed by atoms with E-state index in [9.17, 15) is 10.1 Å². The summed E-state index contributed by atoms with van der Waals surface area (Å²) in [6.45, 7) is 7.10. The number of nitrogens with zero attached hydrogens (tertiary/aromatic N) is 2. The predicted molar refractivity (Wildman–Crippen MR) is 71.9 cm³/mol. The minimum absolute atomic E-state index is 0.0705. The van der Waals surface area contributed by atoms with Crippen molar-refractivity contribution in [1.29, 1.82) is 5.26 Å². The van der Waals surface area contributed by atoms with Crippen LogP contribution in [0, 0.1) is 17.2 Å². The molecule has 0 aliphatic carbocycles. The van der Waals surface area contributed by atoms with E-state index in [4.69, 9.17) is 0 Å². The molecule has 1 rings (SSSR count). The van der Waals surface area contributed by atoms with Gasteiger partial charge in [0, 0.05) is 19.0 Å². The molecule has 96 valence electrons. The van der Waals surface area contributed by atoms with Gasteiger partial charge in [0.15, 0.2) is 0 Å². The molecule has 18 heavy (non-hydrogen) atoms. The number of amides is 1. The average Bonchev–Trinajstić information content (AvgIpc) is 2.42. The molecule has 2 unspecified atom stereocenters. The van der Waals surface area contributed by atoms with Crippen molar-refractivity contribution in [2.24, 2.45) is 5.92 Å². The van der Waals surface area contributed by atoms with Crippen molar-refractivity contribution in [3.05, 3.63) is 35.9 Å². The van der Waals surface area contributed by atoms with Crippen molar-refractivity contribution in [2.45, 2.75) is 26.7 Å². The molecule has 0 spiro atoms. The van der Waals surface area contributed by atoms with Crippen molar-refractivity contribution in [1.82, 2.24) is 4.90 Å². The lowest BCUT2D eigenvalue weighted by molar-refractivity contribution is -0.133. The zero-order chi connectivity index (χ0) is 13.5. The molecule has 0 N–H and O–H groups in total. The third-order valence-corrected chi connectivity index (χ3v) is 3.31. The standard InChI is InChI=1S/C15H20N2O/c1-4-17(5-2)15(18)14(11-16)12(3)13-9-7-6-8-10-13/h6-10,12,14H,4-5H2,1-3H3. The summed E-state index contributed by atoms with van der Waals surface area (Å²) in [5.41, 5.74) is 1.03. The first-order valence-corrected chi connectivity index (χ1v) is 6.39. The van der Waals surface area contributed by atoms with Gasteiger partial charge in [-0.15, -0.1) is 0 Å². The zero-order valence-corrected chi connectivity index (χ0v) is 11.3. The Morgan fingerprint density at radius 3 is 2.28 bits per heavy atom. The van der Waals surface area contributed by atoms with E-state index in [1.165, 1.54) is 0 Å². The largest absolute Gasteiger partial charge is 0.342 e. The highest BCUT2D eigenvalue weighted by atomic mass is 16.2. The van der Waals surface area contributed by atoms with Crippen LogP contribution in [-0.4, -0.2) is 23.9 Å². The summed E-state index contributed by atoms with van der Waals surface area (Å²) < 4.78 is 0. The smallest absolute Gasteiger partial charge is 0.240 e. The van der Waals surface area contributed by atoms with Crippen LogP contribution in [0.1, 0.15) is 32.3 Å². The average molecular weight is 244 g/mol. The van der Waals surface area contributed by atoms with Crippen molar-refractivity contribution >= 4 is 5.91 Å². The molecule has 1 amide bonds. The van der Waals surface area contributed by atoms with Gasteiger partial charge >= 0.3 is 0 Å². The van der Waals surface area contributed by atoms with E-state index in [0.717, 1.165) is 5.56 Å². The number of nitriles is 1. The van der Waals surface area contributed by atoms with Crippen LogP contribution in [0.25, 0.3) is 0 Å². The maximum Gasteiger partial charge on any atom is 0.240 e. The third-order valence-electron chi connectivity index (χ3n) is 3.31. The molecule has 1 aromatic rings. The molecular formula is C15H20N2O. The summed E-state index contributed by atoms with van der Waals surface area (Å²) >= 11 is 0. The maximum atomic E-state index is 12.3. The Kier molecular flexibility index (Phi) is 5.38. The Balaban J connectivity index is 2.91. The van der Waals surface area contributed by atoms with Gasteiger partial charge in [0.1, 0.15) is 5.92 Å². The lowest BCUT2D eigenvalue weighted by Crippen LogP contribution is -2.37. The Hall–Kier alpha value is -1.82. The maximum absolute atomic E-state index is 12.3. The summed E-state index contributed by atoms with van der Waals surface area (Å²) in [6.07, 6.45) is 0. The van der Waals surface area contributed by atoms with Crippen LogP contribution >= 0.6 is 0 Å². The molecule has 0 aromatic heterocycles. The minimum atomic E-state index is -0.604. The summed E-state index contributed by atoms with van der Waals surface area (Å²) in [4.78, 5) is 14.0. The summed E-state index contributed by atoms with van der Waals surface area (Å²) in [7, 11) is 0. The Morgan fingerprint density at radius 1 is 1.28 bits per heavy atom. The fourth-order valence-corrected chi connectivity index (χ4v) is 2.06. The highest BCUT2D eigenvalue weighted by Crippen LogP contribution is 2.25. The molecule has 0 aliphatic rings. The third kappa shape index (κ3) is 3.10. The van der Waals surface area contributed by atoms with E-state index in [2.05, 4.69) is 6.07 Å². The summed E-state index contributed by atoms with van der Waals surface area (Å²) in [6, 6.07) is 11.9. The molecule has 3 heteroatoms. The first-order chi connectivity index (χ1) is 8.65. The Labute approximate surface area is 109 Å². The van der Waals surface area contributed by atoms with Gasteiger partial charge in [0.25, 0.3) is 0 Å². The van der Waals surface area contributed by atoms with Crippen molar-refractivity contribution in [3.8, 4) is 6.07 Å². The van der Waals surface area contributed by atoms with Crippen molar-refractivity contribution in [2.75, 3.05) is 13.1 Å². The van der Waals surface area contributed by atoms with Crippen molar-refractivity contribution in [3.63, 3.8) is 0 Å². The molecule has 0 heterocycles. The van der Waals surface area contributed by atoms with Gasteiger partial charge in [0.05, 0.1) is 6.07 Å². The zero-order valence-electron chi connectivity index (χ0n) is 11.3. The Morgan fingerprint density at radius 2 is 1.83 bits per heavy atom. The number of carbonyl (C=O) groups is 1. The molecule has 3 nitrogen and oxygen atoms in total. The van der Waals surface area contributed by atoms with Gasteiger partial charge in [-0.3, -0.25) is 4.79 Å². The van der Waals surface area contributed by atoms with Crippen LogP contribution in [0.4, 0.5) is 0 Å². The van der Waals surface area contributed by atoms with Crippen LogP contribution in [0.5, 0.6) is 0 Å². The van der Waals surface area contributed by atoms with Crippen LogP contribution in [-0.2, 0) is 4.79 Å². The van der Waals surface area contributed by atoms with Crippen molar-refractivity contribution < 1.29 is 4.79 Å². The minimum Gasteiger partial charge on any atom is -0.342 e. The summed E-state index contributed by atoms with van der Waals surface area (Å²) in [5.74, 6) is -0.754. The van der Waals surface area contributed by atoms with E-state index < -0.39 is 5.92 Å². The SMILES string of the molecule is CCN(CC)C(=O)C(C#N)C(C)c1ccccc1. The van der Waals surface area contributed by atoms with Crippen LogP contribution in [0.3, 0.4) is 0 Å². The fraction of sp³-hybridized carbons (Fsp3) is 0.467. The molecule has 0 fully saturated rings. The monoisotopic (exact) mass is 244 g/mol. The second-order valence-corrected chi connectivity index (χ2v) is 4.32. The molecule has 0 radical (unpaired) electrons. The van der Waals surface area contributed by atoms with E-state index in [0.29, 0.717) is 13.1 Å². The summed E-state index contributed by atoms with van der Waals surface area (Å²) in [5, 5.41) is 9.27. The van der Waals surface area contributed by atoms with Gasteiger partial charge < -0.3 is 4.90 Å². The van der Waals surface area contributed by atoms with Crippen LogP contribution < -0.4 is 0 Å². The van der Waals surface area contributed by atoms with E-state index in [-0.39, 0.29) is 11.8 Å². The lowest BCUT2D eigenvalue weighted by Gasteiger charge is -2.25. The van der Waals surface area contributed by atoms with Gasteiger partial charge in [-0.1, -0.05) is 37.3 Å². The van der Waals surface area contributed by atoms with Gasteiger partial charge in [-0.2, -0.15) is 5.26 Å². The number of carbonyl (C=O) groups excluding carboxylic acids is 1. The molecule has 0 saturated carbocycles. The number of hydrogen-bond acceptors (Lipinski definition) is 2. The topological polar surface area (TPSA) is 44.1 Å². The highest BCUT2D eigenvalue weighted by Gasteiger charge is 2.28. The van der Waals surface area contributed by atoms with Gasteiger partial charge in [0.2, 0.25) is 5.91 Å².